The van der Waals surface area contributed by atoms with Crippen LogP contribution in [0.3, 0.4) is 0 Å². The van der Waals surface area contributed by atoms with E-state index in [1.807, 2.05) is 6.92 Å². The maximum Gasteiger partial charge on any atom is 0.257 e. The Hall–Kier alpha value is -5.12. The van der Waals surface area contributed by atoms with Crippen molar-refractivity contribution in [2.45, 2.75) is 34.1 Å². The minimum atomic E-state index is -0.703. The van der Waals surface area contributed by atoms with Crippen LogP contribution in [0, 0.1) is 32.4 Å². The first-order valence-electron chi connectivity index (χ1n) is 13.6. The first kappa shape index (κ1) is 29.4. The minimum Gasteiger partial charge on any atom is -0.491 e. The van der Waals surface area contributed by atoms with Crippen LogP contribution in [0.2, 0.25) is 0 Å². The molecule has 5 aromatic rings. The van der Waals surface area contributed by atoms with Gasteiger partial charge < -0.3 is 19.2 Å². The summed E-state index contributed by atoms with van der Waals surface area (Å²) < 4.78 is 45.7. The van der Waals surface area contributed by atoms with Gasteiger partial charge in [-0.3, -0.25) is 14.6 Å². The number of ether oxygens (including phenoxy) is 3. The number of nitrogens with zero attached hydrogens (tertiary/aromatic N) is 2. The molecule has 43 heavy (non-hydrogen) atoms. The van der Waals surface area contributed by atoms with Crippen LogP contribution in [0.25, 0.3) is 22.2 Å². The number of fused-ring (bicyclic) bond motifs is 1. The fraction of sp³-hybridized carbons (Fsp3) is 0.212. The van der Waals surface area contributed by atoms with Gasteiger partial charge in [-0.15, -0.1) is 0 Å². The molecule has 5 rings (SSSR count). The van der Waals surface area contributed by atoms with Crippen molar-refractivity contribution in [2.75, 3.05) is 13.7 Å². The van der Waals surface area contributed by atoms with E-state index in [0.717, 1.165) is 0 Å². The number of aryl methyl sites for hydroxylation is 3. The van der Waals surface area contributed by atoms with Gasteiger partial charge in [-0.25, -0.2) is 13.8 Å². The van der Waals surface area contributed by atoms with Crippen LogP contribution in [0.5, 0.6) is 23.1 Å². The molecule has 0 aliphatic rings. The third kappa shape index (κ3) is 5.81. The first-order chi connectivity index (χ1) is 20.6. The summed E-state index contributed by atoms with van der Waals surface area (Å²) in [5.74, 6) is -0.775. The van der Waals surface area contributed by atoms with Crippen molar-refractivity contribution in [1.29, 1.82) is 0 Å². The molecule has 0 atom stereocenters. The molecule has 10 heteroatoms. The molecule has 2 aromatic carbocycles. The highest BCUT2D eigenvalue weighted by atomic mass is 19.1. The van der Waals surface area contributed by atoms with E-state index in [0.29, 0.717) is 57.0 Å². The lowest BCUT2D eigenvalue weighted by Gasteiger charge is -2.14. The van der Waals surface area contributed by atoms with Gasteiger partial charge in [-0.1, -0.05) is 12.1 Å². The predicted molar refractivity (Wildman–Crippen MR) is 158 cm³/mol. The van der Waals surface area contributed by atoms with Gasteiger partial charge in [-0.05, 0) is 68.7 Å². The Bertz CT molecular complexity index is 1940. The van der Waals surface area contributed by atoms with Crippen molar-refractivity contribution < 1.29 is 27.8 Å². The summed E-state index contributed by atoms with van der Waals surface area (Å²) in [5, 5.41) is 0. The zero-order valence-electron chi connectivity index (χ0n) is 24.3. The number of carbonyl (C=O) groups is 1. The molecule has 1 N–H and O–H groups in total. The maximum atomic E-state index is 15.3. The van der Waals surface area contributed by atoms with Crippen LogP contribution in [-0.4, -0.2) is 34.5 Å². The van der Waals surface area contributed by atoms with Gasteiger partial charge in [-0.2, -0.15) is 0 Å². The molecule has 8 nitrogen and oxygen atoms in total. The maximum absolute atomic E-state index is 15.3. The van der Waals surface area contributed by atoms with E-state index in [1.165, 1.54) is 43.6 Å². The lowest BCUT2D eigenvalue weighted by Crippen LogP contribution is -2.23. The number of hydrogen-bond acceptors (Lipinski definition) is 7. The molecule has 3 heterocycles. The molecule has 220 valence electrons. The quantitative estimate of drug-likeness (QED) is 0.190. The summed E-state index contributed by atoms with van der Waals surface area (Å²) in [6.45, 7) is 7.24. The Labute approximate surface area is 246 Å². The van der Waals surface area contributed by atoms with Gasteiger partial charge >= 0.3 is 0 Å². The summed E-state index contributed by atoms with van der Waals surface area (Å²) in [4.78, 5) is 38.8. The number of ketones is 1. The summed E-state index contributed by atoms with van der Waals surface area (Å²) in [6.07, 6.45) is 1.29. The number of hydrogen-bond donors (Lipinski definition) is 1. The third-order valence-electron chi connectivity index (χ3n) is 7.01. The van der Waals surface area contributed by atoms with Crippen molar-refractivity contribution in [2.24, 2.45) is 0 Å². The number of aromatic nitrogens is 3. The van der Waals surface area contributed by atoms with Gasteiger partial charge in [0.25, 0.3) is 5.88 Å². The standard InChI is InChI=1S/C33H29F2N3O5/c1-6-42-33-28(41-5)16-24-31(38-33)27(11-12-36-24)43-26-10-7-20(14-23(26)35)15-25(39)30-19(4)37-18(3)29(32(30)40)22-9-8-21(34)13-17(22)2/h7-14,16H,6,15H2,1-5H3,(H,37,40). The highest BCUT2D eigenvalue weighted by Gasteiger charge is 2.22. The second kappa shape index (κ2) is 12.0. The number of benzene rings is 2. The van der Waals surface area contributed by atoms with E-state index in [2.05, 4.69) is 15.0 Å². The molecule has 0 saturated heterocycles. The number of methoxy groups -OCH3 is 1. The fourth-order valence-electron chi connectivity index (χ4n) is 5.05. The summed E-state index contributed by atoms with van der Waals surface area (Å²) in [5.41, 5.74) is 3.04. The van der Waals surface area contributed by atoms with Gasteiger partial charge in [0.2, 0.25) is 5.43 Å². The molecule has 0 fully saturated rings. The molecule has 0 unspecified atom stereocenters. The summed E-state index contributed by atoms with van der Waals surface area (Å²) >= 11 is 0. The fourth-order valence-corrected chi connectivity index (χ4v) is 5.05. The zero-order valence-corrected chi connectivity index (χ0v) is 24.3. The van der Waals surface area contributed by atoms with E-state index in [4.69, 9.17) is 14.2 Å². The van der Waals surface area contributed by atoms with E-state index in [-0.39, 0.29) is 29.4 Å². The molecule has 0 amide bonds. The Morgan fingerprint density at radius 3 is 2.44 bits per heavy atom. The van der Waals surface area contributed by atoms with Gasteiger partial charge in [0.1, 0.15) is 11.3 Å². The Balaban J connectivity index is 1.43. The van der Waals surface area contributed by atoms with Crippen molar-refractivity contribution >= 4 is 16.8 Å². The average molecular weight is 586 g/mol. The highest BCUT2D eigenvalue weighted by Crippen LogP contribution is 2.35. The van der Waals surface area contributed by atoms with E-state index in [1.54, 1.807) is 39.0 Å². The number of rotatable bonds is 9. The van der Waals surface area contributed by atoms with Gasteiger partial charge in [0.05, 0.1) is 24.8 Å². The second-order valence-electron chi connectivity index (χ2n) is 9.99. The Morgan fingerprint density at radius 1 is 0.953 bits per heavy atom. The number of nitrogens with one attached hydrogen (secondary N) is 1. The van der Waals surface area contributed by atoms with Crippen LogP contribution in [0.4, 0.5) is 8.78 Å². The summed E-state index contributed by atoms with van der Waals surface area (Å²) in [6, 6.07) is 11.5. The van der Waals surface area contributed by atoms with E-state index < -0.39 is 22.8 Å². The monoisotopic (exact) mass is 585 g/mol. The molecular formula is C33H29F2N3O5. The van der Waals surface area contributed by atoms with Crippen LogP contribution >= 0.6 is 0 Å². The van der Waals surface area contributed by atoms with Gasteiger partial charge in [0.15, 0.2) is 28.8 Å². The van der Waals surface area contributed by atoms with Crippen molar-refractivity contribution in [3.63, 3.8) is 0 Å². The highest BCUT2D eigenvalue weighted by molar-refractivity contribution is 5.99. The average Bonchev–Trinajstić information content (AvgIpc) is 2.95. The molecule has 0 radical (unpaired) electrons. The smallest absolute Gasteiger partial charge is 0.257 e. The largest absolute Gasteiger partial charge is 0.491 e. The zero-order chi connectivity index (χ0) is 30.8. The van der Waals surface area contributed by atoms with Gasteiger partial charge in [0, 0.05) is 41.7 Å². The lowest BCUT2D eigenvalue weighted by atomic mass is 9.93. The van der Waals surface area contributed by atoms with Crippen LogP contribution in [-0.2, 0) is 6.42 Å². The topological polar surface area (TPSA) is 103 Å². The molecule has 0 saturated carbocycles. The second-order valence-corrected chi connectivity index (χ2v) is 9.99. The normalized spacial score (nSPS) is 11.0. The number of aromatic amines is 1. The number of halogens is 2. The van der Waals surface area contributed by atoms with Crippen molar-refractivity contribution in [1.82, 2.24) is 15.0 Å². The molecular weight excluding hydrogens is 556 g/mol. The van der Waals surface area contributed by atoms with Crippen LogP contribution in [0.1, 0.15) is 39.8 Å². The van der Waals surface area contributed by atoms with Crippen LogP contribution in [0.15, 0.2) is 59.5 Å². The Kier molecular flexibility index (Phi) is 8.20. The number of Topliss-reactive ketones (excluding diaryl/α,β-unsaturated/α-hetero) is 1. The molecule has 0 spiro atoms. The Morgan fingerprint density at radius 2 is 1.74 bits per heavy atom. The summed E-state index contributed by atoms with van der Waals surface area (Å²) in [7, 11) is 1.50. The lowest BCUT2D eigenvalue weighted by molar-refractivity contribution is 0.0991. The first-order valence-corrected chi connectivity index (χ1v) is 13.6. The van der Waals surface area contributed by atoms with Crippen molar-refractivity contribution in [3.8, 4) is 34.3 Å². The van der Waals surface area contributed by atoms with E-state index in [9.17, 15) is 14.0 Å². The van der Waals surface area contributed by atoms with Crippen molar-refractivity contribution in [3.05, 3.63) is 105 Å². The van der Waals surface area contributed by atoms with E-state index >= 15 is 4.39 Å². The molecule has 0 aliphatic carbocycles. The van der Waals surface area contributed by atoms with Crippen LogP contribution < -0.4 is 19.6 Å². The molecule has 3 aromatic heterocycles. The third-order valence-corrected chi connectivity index (χ3v) is 7.01. The predicted octanol–water partition coefficient (Wildman–Crippen LogP) is 6.81. The molecule has 0 aliphatic heterocycles. The minimum absolute atomic E-state index is 0.0279. The molecule has 0 bridgehead atoms. The number of pyridine rings is 3. The number of H-pyrrole nitrogens is 1. The number of carbonyl (C=O) groups excluding carboxylic acids is 1. The SMILES string of the molecule is CCOc1nc2c(Oc3ccc(CC(=O)c4c(C)[nH]c(C)c(-c5ccc(F)cc5C)c4=O)cc3F)ccnc2cc1OC.